The zero-order valence-electron chi connectivity index (χ0n) is 4.39. The van der Waals surface area contributed by atoms with E-state index in [1.54, 1.807) is 7.98 Å². The van der Waals surface area contributed by atoms with E-state index in [4.69, 9.17) is 0 Å². The number of rotatable bonds is 1. The fraction of sp³-hybridized carbons (Fsp3) is 0. The highest BCUT2D eigenvalue weighted by molar-refractivity contribution is 6.15. The number of aromatic amines is 1. The summed E-state index contributed by atoms with van der Waals surface area (Å²) in [6.07, 6.45) is 1.32. The number of hydrogen-bond donors (Lipinski definition) is 2. The summed E-state index contributed by atoms with van der Waals surface area (Å²) in [5.41, 5.74) is 0. The van der Waals surface area contributed by atoms with Crippen LogP contribution in [-0.4, -0.2) is 13.0 Å². The van der Waals surface area contributed by atoms with Crippen molar-refractivity contribution in [1.29, 1.82) is 0 Å². The SMILES string of the molecule is BNc1coc(=O)[nH]1. The number of aromatic nitrogens is 1. The van der Waals surface area contributed by atoms with E-state index >= 15 is 0 Å². The van der Waals surface area contributed by atoms with Gasteiger partial charge in [0, 0.05) is 0 Å². The highest BCUT2D eigenvalue weighted by atomic mass is 16.4. The van der Waals surface area contributed by atoms with E-state index in [1.807, 2.05) is 0 Å². The monoisotopic (exact) mass is 112 g/mol. The molecule has 2 N–H and O–H groups in total. The van der Waals surface area contributed by atoms with E-state index in [1.165, 1.54) is 6.26 Å². The summed E-state index contributed by atoms with van der Waals surface area (Å²) >= 11 is 0. The van der Waals surface area contributed by atoms with Crippen LogP contribution in [0.15, 0.2) is 15.5 Å². The Morgan fingerprint density at radius 3 is 2.88 bits per heavy atom. The van der Waals surface area contributed by atoms with Crippen LogP contribution in [0, 0.1) is 0 Å². The molecule has 0 fully saturated rings. The molecule has 0 bridgehead atoms. The van der Waals surface area contributed by atoms with E-state index in [9.17, 15) is 4.79 Å². The van der Waals surface area contributed by atoms with E-state index in [0.29, 0.717) is 5.82 Å². The van der Waals surface area contributed by atoms with Gasteiger partial charge in [-0.3, -0.25) is 4.98 Å². The molecular weight excluding hydrogens is 107 g/mol. The first-order valence-corrected chi connectivity index (χ1v) is 2.18. The van der Waals surface area contributed by atoms with Crippen molar-refractivity contribution in [2.45, 2.75) is 0 Å². The molecule has 0 atom stereocenters. The van der Waals surface area contributed by atoms with Crippen LogP contribution >= 0.6 is 0 Å². The van der Waals surface area contributed by atoms with E-state index in [-0.39, 0.29) is 0 Å². The van der Waals surface area contributed by atoms with Crippen molar-refractivity contribution in [3.63, 3.8) is 0 Å². The minimum absolute atomic E-state index is 0.436. The summed E-state index contributed by atoms with van der Waals surface area (Å²) < 4.78 is 4.38. The maximum Gasteiger partial charge on any atom is 0.417 e. The van der Waals surface area contributed by atoms with Crippen molar-refractivity contribution >= 4 is 13.8 Å². The Balaban J connectivity index is 3.01. The van der Waals surface area contributed by atoms with Gasteiger partial charge in [0.15, 0.2) is 0 Å². The summed E-state index contributed by atoms with van der Waals surface area (Å²) in [7, 11) is 1.70. The molecule has 0 aliphatic heterocycles. The van der Waals surface area contributed by atoms with Crippen molar-refractivity contribution in [3.8, 4) is 0 Å². The molecule has 0 saturated carbocycles. The summed E-state index contributed by atoms with van der Waals surface area (Å²) in [5, 5.41) is 2.70. The Labute approximate surface area is 46.3 Å². The molecule has 1 aromatic rings. The van der Waals surface area contributed by atoms with Gasteiger partial charge in [0.1, 0.15) is 12.1 Å². The van der Waals surface area contributed by atoms with Crippen LogP contribution in [0.5, 0.6) is 0 Å². The van der Waals surface area contributed by atoms with Crippen molar-refractivity contribution in [2.24, 2.45) is 0 Å². The lowest BCUT2D eigenvalue weighted by Crippen LogP contribution is -1.97. The third-order valence-corrected chi connectivity index (χ3v) is 0.790. The average Bonchev–Trinajstić information content (AvgIpc) is 2.14. The van der Waals surface area contributed by atoms with E-state index in [2.05, 4.69) is 14.6 Å². The molecule has 42 valence electrons. The maximum absolute atomic E-state index is 10.2. The van der Waals surface area contributed by atoms with Crippen molar-refractivity contribution < 1.29 is 4.42 Å². The molecule has 8 heavy (non-hydrogen) atoms. The van der Waals surface area contributed by atoms with Gasteiger partial charge in [-0.15, -0.1) is 0 Å². The second kappa shape index (κ2) is 1.77. The molecule has 0 aromatic carbocycles. The van der Waals surface area contributed by atoms with E-state index in [0.717, 1.165) is 0 Å². The van der Waals surface area contributed by atoms with Crippen LogP contribution in [0.25, 0.3) is 0 Å². The Kier molecular flexibility index (Phi) is 1.11. The highest BCUT2D eigenvalue weighted by Gasteiger charge is 1.88. The van der Waals surface area contributed by atoms with Crippen LogP contribution < -0.4 is 11.0 Å². The van der Waals surface area contributed by atoms with Gasteiger partial charge in [-0.2, -0.15) is 0 Å². The van der Waals surface area contributed by atoms with Crippen LogP contribution in [0.1, 0.15) is 0 Å². The zero-order chi connectivity index (χ0) is 5.98. The topological polar surface area (TPSA) is 58.0 Å². The standard InChI is InChI=1S/C3H5BN2O2/c4-6-2-1-8-3(7)5-2/h1,6H,4H2,(H,5,7). The van der Waals surface area contributed by atoms with Gasteiger partial charge >= 0.3 is 5.76 Å². The number of H-pyrrole nitrogens is 1. The largest absolute Gasteiger partial charge is 0.419 e. The predicted molar refractivity (Wildman–Crippen MR) is 31.5 cm³/mol. The van der Waals surface area contributed by atoms with Crippen molar-refractivity contribution in [1.82, 2.24) is 4.98 Å². The summed E-state index contributed by atoms with van der Waals surface area (Å²) in [6.45, 7) is 0. The molecule has 0 aliphatic carbocycles. The smallest absolute Gasteiger partial charge is 0.417 e. The van der Waals surface area contributed by atoms with Crippen LogP contribution in [-0.2, 0) is 0 Å². The Hall–Kier alpha value is -1.13. The van der Waals surface area contributed by atoms with Gasteiger partial charge in [0.2, 0.25) is 7.98 Å². The number of anilines is 1. The second-order valence-corrected chi connectivity index (χ2v) is 1.31. The third kappa shape index (κ3) is 0.751. The fourth-order valence-corrected chi connectivity index (χ4v) is 0.403. The molecule has 0 radical (unpaired) electrons. The first kappa shape index (κ1) is 5.02. The average molecular weight is 112 g/mol. The molecule has 0 amide bonds. The molecule has 5 heteroatoms. The summed E-state index contributed by atoms with van der Waals surface area (Å²) in [4.78, 5) is 12.6. The van der Waals surface area contributed by atoms with Gasteiger partial charge in [0.05, 0.1) is 0 Å². The Bertz CT molecular complexity index is 215. The maximum atomic E-state index is 10.2. The second-order valence-electron chi connectivity index (χ2n) is 1.31. The molecule has 1 aromatic heterocycles. The molecule has 4 nitrogen and oxygen atoms in total. The number of nitrogens with one attached hydrogen (secondary N) is 2. The normalized spacial score (nSPS) is 9.00. The number of oxazole rings is 1. The third-order valence-electron chi connectivity index (χ3n) is 0.790. The minimum atomic E-state index is -0.436. The van der Waals surface area contributed by atoms with Crippen LogP contribution in [0.2, 0.25) is 0 Å². The van der Waals surface area contributed by atoms with Gasteiger partial charge in [-0.05, 0) is 0 Å². The Morgan fingerprint density at radius 1 is 1.88 bits per heavy atom. The van der Waals surface area contributed by atoms with Gasteiger partial charge in [0.25, 0.3) is 0 Å². The van der Waals surface area contributed by atoms with Crippen molar-refractivity contribution in [2.75, 3.05) is 5.23 Å². The summed E-state index contributed by atoms with van der Waals surface area (Å²) in [5.74, 6) is 0.157. The lowest BCUT2D eigenvalue weighted by atomic mass is 10.4. The first-order chi connectivity index (χ1) is 3.83. The zero-order valence-corrected chi connectivity index (χ0v) is 4.39. The van der Waals surface area contributed by atoms with Crippen molar-refractivity contribution in [3.05, 3.63) is 16.8 Å². The molecule has 1 rings (SSSR count). The van der Waals surface area contributed by atoms with Gasteiger partial charge in [-0.1, -0.05) is 0 Å². The lowest BCUT2D eigenvalue weighted by Gasteiger charge is -1.84. The molecule has 0 aliphatic rings. The molecule has 1 heterocycles. The lowest BCUT2D eigenvalue weighted by molar-refractivity contribution is 0.515. The van der Waals surface area contributed by atoms with Crippen LogP contribution in [0.4, 0.5) is 5.82 Å². The molecule has 0 saturated heterocycles. The number of hydrogen-bond acceptors (Lipinski definition) is 3. The highest BCUT2D eigenvalue weighted by Crippen LogP contribution is 1.91. The molecule has 0 spiro atoms. The quantitative estimate of drug-likeness (QED) is 0.454. The predicted octanol–water partition coefficient (Wildman–Crippen LogP) is -1.07. The first-order valence-electron chi connectivity index (χ1n) is 2.18. The van der Waals surface area contributed by atoms with E-state index < -0.39 is 5.76 Å². The fourth-order valence-electron chi connectivity index (χ4n) is 0.403. The van der Waals surface area contributed by atoms with Crippen LogP contribution in [0.3, 0.4) is 0 Å². The van der Waals surface area contributed by atoms with Gasteiger partial charge in [-0.25, -0.2) is 4.79 Å². The molecule has 0 unspecified atom stereocenters. The summed E-state index contributed by atoms with van der Waals surface area (Å²) in [6, 6.07) is 0. The van der Waals surface area contributed by atoms with Gasteiger partial charge < -0.3 is 9.64 Å². The minimum Gasteiger partial charge on any atom is -0.419 e. The molecular formula is C3H5BN2O2. The Morgan fingerprint density at radius 2 is 2.62 bits per heavy atom.